The molecular weight excluding hydrogens is 351 g/mol. The Kier molecular flexibility index (Phi) is 4.36. The highest BCUT2D eigenvalue weighted by molar-refractivity contribution is 9.10. The first-order valence-electron chi connectivity index (χ1n) is 5.45. The van der Waals surface area contributed by atoms with Gasteiger partial charge in [-0.1, -0.05) is 0 Å². The lowest BCUT2D eigenvalue weighted by Gasteiger charge is -2.10. The molecule has 0 fully saturated rings. The molecule has 0 aliphatic carbocycles. The molecular formula is C12H10BrFN2O3S. The Bertz CT molecular complexity index is 737. The Morgan fingerprint density at radius 2 is 2.10 bits per heavy atom. The summed E-state index contributed by atoms with van der Waals surface area (Å²) in [5, 5.41) is 8.97. The van der Waals surface area contributed by atoms with E-state index in [-0.39, 0.29) is 10.5 Å². The molecule has 8 heteroatoms. The van der Waals surface area contributed by atoms with Gasteiger partial charge in [-0.2, -0.15) is 0 Å². The van der Waals surface area contributed by atoms with Crippen LogP contribution in [0.25, 0.3) is 0 Å². The molecule has 0 aliphatic rings. The fourth-order valence-corrected chi connectivity index (χ4v) is 3.11. The first-order valence-corrected chi connectivity index (χ1v) is 7.73. The van der Waals surface area contributed by atoms with Crippen LogP contribution in [0.1, 0.15) is 5.56 Å². The van der Waals surface area contributed by atoms with Crippen molar-refractivity contribution in [2.45, 2.75) is 11.5 Å². The molecule has 0 aliphatic heterocycles. The molecule has 2 aromatic rings. The Morgan fingerprint density at radius 1 is 1.35 bits per heavy atom. The van der Waals surface area contributed by atoms with E-state index in [0.717, 1.165) is 18.2 Å². The lowest BCUT2D eigenvalue weighted by molar-refractivity contribution is 0.275. The molecule has 5 nitrogen and oxygen atoms in total. The molecule has 20 heavy (non-hydrogen) atoms. The summed E-state index contributed by atoms with van der Waals surface area (Å²) in [6.45, 7) is -0.575. The van der Waals surface area contributed by atoms with Crippen LogP contribution in [0.5, 0.6) is 0 Å². The Labute approximate surface area is 123 Å². The van der Waals surface area contributed by atoms with E-state index in [2.05, 4.69) is 25.6 Å². The van der Waals surface area contributed by atoms with Gasteiger partial charge in [0.1, 0.15) is 5.82 Å². The summed E-state index contributed by atoms with van der Waals surface area (Å²) in [7, 11) is -3.87. The summed E-state index contributed by atoms with van der Waals surface area (Å²) in [4.78, 5) is 3.69. The molecule has 0 saturated carbocycles. The van der Waals surface area contributed by atoms with Gasteiger partial charge in [0.05, 0.1) is 21.7 Å². The van der Waals surface area contributed by atoms with Gasteiger partial charge in [-0.15, -0.1) is 0 Å². The predicted octanol–water partition coefficient (Wildman–Crippen LogP) is 2.28. The van der Waals surface area contributed by atoms with Crippen molar-refractivity contribution in [1.29, 1.82) is 0 Å². The normalized spacial score (nSPS) is 11.3. The van der Waals surface area contributed by atoms with E-state index in [1.165, 1.54) is 18.5 Å². The van der Waals surface area contributed by atoms with Crippen molar-refractivity contribution < 1.29 is 17.9 Å². The molecule has 0 bridgehead atoms. The second-order valence-electron chi connectivity index (χ2n) is 3.87. The number of aromatic nitrogens is 1. The van der Waals surface area contributed by atoms with Gasteiger partial charge in [0.25, 0.3) is 10.0 Å². The molecule has 0 unspecified atom stereocenters. The second kappa shape index (κ2) is 5.86. The highest BCUT2D eigenvalue weighted by Crippen LogP contribution is 2.24. The number of hydrogen-bond acceptors (Lipinski definition) is 4. The van der Waals surface area contributed by atoms with E-state index in [1.807, 2.05) is 0 Å². The second-order valence-corrected chi connectivity index (χ2v) is 6.41. The molecule has 1 aromatic carbocycles. The van der Waals surface area contributed by atoms with Gasteiger partial charge in [0.2, 0.25) is 0 Å². The highest BCUT2D eigenvalue weighted by atomic mass is 79.9. The lowest BCUT2D eigenvalue weighted by Crippen LogP contribution is -2.14. The minimum absolute atomic E-state index is 0.0818. The summed E-state index contributed by atoms with van der Waals surface area (Å²) in [6.07, 6.45) is 2.88. The summed E-state index contributed by atoms with van der Waals surface area (Å²) < 4.78 is 40.4. The van der Waals surface area contributed by atoms with Crippen LogP contribution in [-0.2, 0) is 16.6 Å². The van der Waals surface area contributed by atoms with Crippen molar-refractivity contribution in [3.05, 3.63) is 52.5 Å². The van der Waals surface area contributed by atoms with Crippen molar-refractivity contribution in [3.8, 4) is 0 Å². The molecule has 0 spiro atoms. The van der Waals surface area contributed by atoms with Crippen LogP contribution in [0.3, 0.4) is 0 Å². The van der Waals surface area contributed by atoms with Gasteiger partial charge >= 0.3 is 0 Å². The fraction of sp³-hybridized carbons (Fsp3) is 0.0833. The van der Waals surface area contributed by atoms with Gasteiger partial charge in [0.15, 0.2) is 0 Å². The first kappa shape index (κ1) is 14.9. The van der Waals surface area contributed by atoms with Crippen molar-refractivity contribution in [1.82, 2.24) is 4.98 Å². The van der Waals surface area contributed by atoms with Gasteiger partial charge in [0, 0.05) is 18.0 Å². The first-order chi connectivity index (χ1) is 9.44. The van der Waals surface area contributed by atoms with Crippen LogP contribution >= 0.6 is 15.9 Å². The lowest BCUT2D eigenvalue weighted by atomic mass is 10.2. The van der Waals surface area contributed by atoms with E-state index in [1.54, 1.807) is 0 Å². The summed E-state index contributed by atoms with van der Waals surface area (Å²) in [5.74, 6) is -0.656. The van der Waals surface area contributed by atoms with Crippen LogP contribution in [0.15, 0.2) is 46.0 Å². The molecule has 0 atom stereocenters. The number of aliphatic hydroxyl groups excluding tert-OH is 1. The van der Waals surface area contributed by atoms with Gasteiger partial charge in [-0.25, -0.2) is 12.8 Å². The van der Waals surface area contributed by atoms with E-state index >= 15 is 0 Å². The summed E-state index contributed by atoms with van der Waals surface area (Å²) in [6, 6.07) is 4.71. The number of anilines is 1. The van der Waals surface area contributed by atoms with E-state index in [4.69, 9.17) is 5.11 Å². The van der Waals surface area contributed by atoms with Gasteiger partial charge < -0.3 is 5.11 Å². The third-order valence-electron chi connectivity index (χ3n) is 2.51. The van der Waals surface area contributed by atoms with Crippen LogP contribution in [0.4, 0.5) is 10.1 Å². The zero-order valence-corrected chi connectivity index (χ0v) is 12.4. The van der Waals surface area contributed by atoms with Crippen molar-refractivity contribution in [2.75, 3.05) is 4.72 Å². The van der Waals surface area contributed by atoms with Gasteiger partial charge in [-0.05, 0) is 40.2 Å². The standard InChI is InChI=1S/C12H10BrFN2O3S/c13-10-6-15-4-3-12(10)16-20(18,19)9-1-2-11(14)8(5-9)7-17/h1-6,17H,7H2,(H,15,16). The number of nitrogens with zero attached hydrogens (tertiary/aromatic N) is 1. The van der Waals surface area contributed by atoms with Crippen LogP contribution < -0.4 is 4.72 Å². The van der Waals surface area contributed by atoms with Crippen LogP contribution in [0.2, 0.25) is 0 Å². The quantitative estimate of drug-likeness (QED) is 0.876. The molecule has 1 aromatic heterocycles. The Hall–Kier alpha value is -1.51. The Balaban J connectivity index is 2.38. The zero-order chi connectivity index (χ0) is 14.8. The average molecular weight is 361 g/mol. The van der Waals surface area contributed by atoms with Crippen molar-refractivity contribution >= 4 is 31.6 Å². The van der Waals surface area contributed by atoms with E-state index < -0.39 is 22.4 Å². The summed E-state index contributed by atoms with van der Waals surface area (Å²) >= 11 is 3.17. The largest absolute Gasteiger partial charge is 0.392 e. The number of halogens is 2. The third-order valence-corrected chi connectivity index (χ3v) is 4.51. The number of aliphatic hydroxyl groups is 1. The molecule has 1 heterocycles. The minimum atomic E-state index is -3.87. The van der Waals surface area contributed by atoms with Crippen molar-refractivity contribution in [3.63, 3.8) is 0 Å². The SMILES string of the molecule is O=S(=O)(Nc1ccncc1Br)c1ccc(F)c(CO)c1. The van der Waals surface area contributed by atoms with Crippen LogP contribution in [0, 0.1) is 5.82 Å². The third kappa shape index (κ3) is 3.14. The molecule has 0 amide bonds. The fourth-order valence-electron chi connectivity index (χ4n) is 1.50. The maximum Gasteiger partial charge on any atom is 0.261 e. The van der Waals surface area contributed by atoms with E-state index in [0.29, 0.717) is 10.2 Å². The summed E-state index contributed by atoms with van der Waals surface area (Å²) in [5.41, 5.74) is 0.233. The molecule has 2 N–H and O–H groups in total. The number of hydrogen-bond donors (Lipinski definition) is 2. The van der Waals surface area contributed by atoms with Crippen LogP contribution in [-0.4, -0.2) is 18.5 Å². The molecule has 0 radical (unpaired) electrons. The Morgan fingerprint density at radius 3 is 2.75 bits per heavy atom. The smallest absolute Gasteiger partial charge is 0.261 e. The van der Waals surface area contributed by atoms with Gasteiger partial charge in [-0.3, -0.25) is 9.71 Å². The monoisotopic (exact) mass is 360 g/mol. The minimum Gasteiger partial charge on any atom is -0.392 e. The van der Waals surface area contributed by atoms with Crippen molar-refractivity contribution in [2.24, 2.45) is 0 Å². The number of sulfonamides is 1. The number of benzene rings is 1. The maximum atomic E-state index is 13.3. The number of rotatable bonds is 4. The topological polar surface area (TPSA) is 79.3 Å². The average Bonchev–Trinajstić information content (AvgIpc) is 2.41. The molecule has 106 valence electrons. The number of nitrogens with one attached hydrogen (secondary N) is 1. The number of pyridine rings is 1. The molecule has 0 saturated heterocycles. The maximum absolute atomic E-state index is 13.3. The predicted molar refractivity (Wildman–Crippen MR) is 75.1 cm³/mol. The van der Waals surface area contributed by atoms with E-state index in [9.17, 15) is 12.8 Å². The molecule has 2 rings (SSSR count). The highest BCUT2D eigenvalue weighted by Gasteiger charge is 2.17. The zero-order valence-electron chi connectivity index (χ0n) is 10.0.